The second kappa shape index (κ2) is 4.58. The Morgan fingerprint density at radius 2 is 2.50 bits per heavy atom. The fourth-order valence-corrected chi connectivity index (χ4v) is 1.33. The van der Waals surface area contributed by atoms with E-state index in [9.17, 15) is 9.18 Å². The molecule has 1 heterocycles. The highest BCUT2D eigenvalue weighted by atomic mass is 35.5. The highest BCUT2D eigenvalue weighted by molar-refractivity contribution is 6.66. The molecule has 0 saturated carbocycles. The average Bonchev–Trinajstić information content (AvgIpc) is 2.35. The molecular formula is C8H11ClFNO. The van der Waals surface area contributed by atoms with Crippen molar-refractivity contribution in [3.8, 4) is 0 Å². The zero-order valence-electron chi connectivity index (χ0n) is 6.67. The van der Waals surface area contributed by atoms with Crippen molar-refractivity contribution >= 4 is 16.8 Å². The minimum atomic E-state index is -0.704. The van der Waals surface area contributed by atoms with Crippen molar-refractivity contribution in [3.05, 3.63) is 12.2 Å². The first-order valence-corrected chi connectivity index (χ1v) is 4.28. The van der Waals surface area contributed by atoms with E-state index in [0.717, 1.165) is 6.54 Å². The maximum absolute atomic E-state index is 12.6. The minimum Gasteiger partial charge on any atom is -0.297 e. The van der Waals surface area contributed by atoms with Gasteiger partial charge in [-0.15, -0.1) is 0 Å². The van der Waals surface area contributed by atoms with Crippen molar-refractivity contribution in [2.75, 3.05) is 19.6 Å². The molecule has 0 amide bonds. The molecule has 0 aliphatic carbocycles. The van der Waals surface area contributed by atoms with Gasteiger partial charge >= 0.3 is 0 Å². The summed E-state index contributed by atoms with van der Waals surface area (Å²) in [5.41, 5.74) is 0. The summed E-state index contributed by atoms with van der Waals surface area (Å²) < 4.78 is 12.6. The Balaban J connectivity index is 2.20. The number of nitrogens with zero attached hydrogens (tertiary/aromatic N) is 1. The second-order valence-electron chi connectivity index (χ2n) is 2.85. The lowest BCUT2D eigenvalue weighted by molar-refractivity contribution is -0.107. The Morgan fingerprint density at radius 3 is 3.00 bits per heavy atom. The minimum absolute atomic E-state index is 0.473. The summed E-state index contributed by atoms with van der Waals surface area (Å²) >= 11 is 5.07. The Bertz CT molecular complexity index is 195. The first-order valence-electron chi connectivity index (χ1n) is 3.91. The van der Waals surface area contributed by atoms with Crippen LogP contribution in [-0.4, -0.2) is 35.9 Å². The highest BCUT2D eigenvalue weighted by Crippen LogP contribution is 2.11. The van der Waals surface area contributed by atoms with Gasteiger partial charge in [-0.1, -0.05) is 6.08 Å². The lowest BCUT2D eigenvalue weighted by atomic mass is 10.3. The smallest absolute Gasteiger partial charge is 0.244 e. The van der Waals surface area contributed by atoms with E-state index in [4.69, 9.17) is 11.6 Å². The van der Waals surface area contributed by atoms with Gasteiger partial charge in [0.2, 0.25) is 5.24 Å². The van der Waals surface area contributed by atoms with Gasteiger partial charge < -0.3 is 0 Å². The molecule has 0 spiro atoms. The standard InChI is InChI=1S/C8H11ClFNO/c9-8(12)2-1-4-11-5-3-7(10)6-11/h1-2,7H,3-6H2/b2-1+. The molecule has 68 valence electrons. The van der Waals surface area contributed by atoms with E-state index < -0.39 is 11.4 Å². The summed E-state index contributed by atoms with van der Waals surface area (Å²) in [6.07, 6.45) is 2.86. The van der Waals surface area contributed by atoms with E-state index in [1.54, 1.807) is 6.08 Å². The van der Waals surface area contributed by atoms with Gasteiger partial charge in [0.15, 0.2) is 0 Å². The summed E-state index contributed by atoms with van der Waals surface area (Å²) in [5.74, 6) is 0. The van der Waals surface area contributed by atoms with Crippen LogP contribution in [0.1, 0.15) is 6.42 Å². The lowest BCUT2D eigenvalue weighted by Crippen LogP contribution is -2.20. The molecule has 12 heavy (non-hydrogen) atoms. The first-order chi connectivity index (χ1) is 5.68. The highest BCUT2D eigenvalue weighted by Gasteiger charge is 2.19. The molecular weight excluding hydrogens is 181 g/mol. The molecule has 0 aromatic rings. The molecule has 1 saturated heterocycles. The molecule has 0 aromatic carbocycles. The molecule has 0 aromatic heterocycles. The second-order valence-corrected chi connectivity index (χ2v) is 3.22. The Morgan fingerprint density at radius 1 is 1.75 bits per heavy atom. The van der Waals surface area contributed by atoms with Crippen LogP contribution in [0.15, 0.2) is 12.2 Å². The normalized spacial score (nSPS) is 25.3. The number of alkyl halides is 1. The van der Waals surface area contributed by atoms with Gasteiger partial charge in [0.05, 0.1) is 0 Å². The number of allylic oxidation sites excluding steroid dienone is 1. The van der Waals surface area contributed by atoms with Crippen molar-refractivity contribution < 1.29 is 9.18 Å². The zero-order valence-corrected chi connectivity index (χ0v) is 7.43. The van der Waals surface area contributed by atoms with E-state index in [-0.39, 0.29) is 0 Å². The molecule has 1 aliphatic heterocycles. The van der Waals surface area contributed by atoms with Crippen LogP contribution >= 0.6 is 11.6 Å². The van der Waals surface area contributed by atoms with Crippen molar-refractivity contribution in [3.63, 3.8) is 0 Å². The maximum Gasteiger partial charge on any atom is 0.244 e. The average molecular weight is 192 g/mol. The van der Waals surface area contributed by atoms with Gasteiger partial charge in [-0.05, 0) is 24.1 Å². The Kier molecular flexibility index (Phi) is 3.69. The fraction of sp³-hybridized carbons (Fsp3) is 0.625. The van der Waals surface area contributed by atoms with Crippen LogP contribution in [0.2, 0.25) is 0 Å². The van der Waals surface area contributed by atoms with Crippen LogP contribution in [-0.2, 0) is 4.79 Å². The zero-order chi connectivity index (χ0) is 8.97. The van der Waals surface area contributed by atoms with E-state index in [1.165, 1.54) is 6.08 Å². The SMILES string of the molecule is O=C(Cl)/C=C/CN1CCC(F)C1. The van der Waals surface area contributed by atoms with Crippen molar-refractivity contribution in [2.24, 2.45) is 0 Å². The predicted octanol–water partition coefficient (Wildman–Crippen LogP) is 1.35. The third-order valence-corrected chi connectivity index (χ3v) is 1.95. The number of hydrogen-bond donors (Lipinski definition) is 0. The van der Waals surface area contributed by atoms with Crippen LogP contribution in [0, 0.1) is 0 Å². The monoisotopic (exact) mass is 191 g/mol. The molecule has 4 heteroatoms. The molecule has 1 atom stereocenters. The number of carbonyl (C=O) groups is 1. The largest absolute Gasteiger partial charge is 0.297 e. The van der Waals surface area contributed by atoms with Gasteiger partial charge in [0.1, 0.15) is 6.17 Å². The molecule has 0 N–H and O–H groups in total. The topological polar surface area (TPSA) is 20.3 Å². The third-order valence-electron chi connectivity index (χ3n) is 1.83. The van der Waals surface area contributed by atoms with Gasteiger partial charge in [-0.25, -0.2) is 4.39 Å². The summed E-state index contributed by atoms with van der Waals surface area (Å²) in [4.78, 5) is 12.2. The van der Waals surface area contributed by atoms with Crippen molar-refractivity contribution in [1.82, 2.24) is 4.90 Å². The molecule has 0 bridgehead atoms. The predicted molar refractivity (Wildman–Crippen MR) is 46.0 cm³/mol. The van der Waals surface area contributed by atoms with Gasteiger partial charge in [0.25, 0.3) is 0 Å². The van der Waals surface area contributed by atoms with Gasteiger partial charge in [0, 0.05) is 19.6 Å². The molecule has 1 rings (SSSR count). The van der Waals surface area contributed by atoms with E-state index in [1.807, 2.05) is 4.90 Å². The first kappa shape index (κ1) is 9.68. The van der Waals surface area contributed by atoms with Crippen molar-refractivity contribution in [2.45, 2.75) is 12.6 Å². The Hall–Kier alpha value is -0.410. The number of hydrogen-bond acceptors (Lipinski definition) is 2. The van der Waals surface area contributed by atoms with E-state index in [2.05, 4.69) is 0 Å². The lowest BCUT2D eigenvalue weighted by Gasteiger charge is -2.09. The van der Waals surface area contributed by atoms with Crippen molar-refractivity contribution in [1.29, 1.82) is 0 Å². The number of rotatable bonds is 3. The molecule has 0 radical (unpaired) electrons. The van der Waals surface area contributed by atoms with E-state index >= 15 is 0 Å². The van der Waals surface area contributed by atoms with E-state index in [0.29, 0.717) is 19.5 Å². The maximum atomic E-state index is 12.6. The quantitative estimate of drug-likeness (QED) is 0.496. The number of likely N-dealkylation sites (tertiary alicyclic amines) is 1. The molecule has 1 aliphatic rings. The van der Waals surface area contributed by atoms with Gasteiger partial charge in [-0.3, -0.25) is 9.69 Å². The van der Waals surface area contributed by atoms with Gasteiger partial charge in [-0.2, -0.15) is 0 Å². The molecule has 2 nitrogen and oxygen atoms in total. The fourth-order valence-electron chi connectivity index (χ4n) is 1.25. The third kappa shape index (κ3) is 3.32. The number of carbonyl (C=O) groups excluding carboxylic acids is 1. The summed E-state index contributed by atoms with van der Waals surface area (Å²) in [7, 11) is 0. The van der Waals surface area contributed by atoms with Crippen LogP contribution < -0.4 is 0 Å². The summed E-state index contributed by atoms with van der Waals surface area (Å²) in [6.45, 7) is 1.85. The summed E-state index contributed by atoms with van der Waals surface area (Å²) in [6, 6.07) is 0. The molecule has 1 fully saturated rings. The van der Waals surface area contributed by atoms with Crippen LogP contribution in [0.5, 0.6) is 0 Å². The van der Waals surface area contributed by atoms with Crippen LogP contribution in [0.4, 0.5) is 4.39 Å². The molecule has 1 unspecified atom stereocenters. The van der Waals surface area contributed by atoms with Crippen LogP contribution in [0.25, 0.3) is 0 Å². The summed E-state index contributed by atoms with van der Waals surface area (Å²) in [5, 5.41) is -0.481. The van der Waals surface area contributed by atoms with Crippen LogP contribution in [0.3, 0.4) is 0 Å². The Labute approximate surface area is 76.0 Å². The number of halogens is 2.